The first-order chi connectivity index (χ1) is 13.4. The van der Waals surface area contributed by atoms with Crippen LogP contribution >= 0.6 is 0 Å². The number of halogens is 3. The quantitative estimate of drug-likeness (QED) is 0.539. The molecule has 0 saturated heterocycles. The molecule has 1 unspecified atom stereocenters. The molecule has 28 heavy (non-hydrogen) atoms. The zero-order valence-corrected chi connectivity index (χ0v) is 16.0. The average Bonchev–Trinajstić information content (AvgIpc) is 3.21. The van der Waals surface area contributed by atoms with E-state index in [1.807, 2.05) is 36.2 Å². The molecule has 148 valence electrons. The zero-order chi connectivity index (χ0) is 20.1. The van der Waals surface area contributed by atoms with Crippen LogP contribution in [0.15, 0.2) is 60.9 Å². The van der Waals surface area contributed by atoms with Crippen LogP contribution in [0.5, 0.6) is 0 Å². The van der Waals surface area contributed by atoms with Crippen LogP contribution in [-0.2, 0) is 12.6 Å². The smallest absolute Gasteiger partial charge is 0.363 e. The maximum Gasteiger partial charge on any atom is 0.416 e. The number of alkyl halides is 3. The first kappa shape index (κ1) is 20.0. The molecule has 3 nitrogen and oxygen atoms in total. The molecule has 0 amide bonds. The molecule has 0 radical (unpaired) electrons. The SMILES string of the molecule is CCCCc1ccc(N(C)C(c2cn[nH]c2)c2ccccc2C(F)(F)F)cc1. The zero-order valence-electron chi connectivity index (χ0n) is 16.0. The molecule has 1 atom stereocenters. The van der Waals surface area contributed by atoms with Gasteiger partial charge in [-0.1, -0.05) is 43.7 Å². The molecule has 0 fully saturated rings. The van der Waals surface area contributed by atoms with Crippen LogP contribution in [0.2, 0.25) is 0 Å². The number of nitrogens with one attached hydrogen (secondary N) is 1. The summed E-state index contributed by atoms with van der Waals surface area (Å²) >= 11 is 0. The van der Waals surface area contributed by atoms with Crippen LogP contribution in [0.25, 0.3) is 0 Å². The average molecular weight is 387 g/mol. The largest absolute Gasteiger partial charge is 0.416 e. The predicted molar refractivity (Wildman–Crippen MR) is 105 cm³/mol. The topological polar surface area (TPSA) is 31.9 Å². The predicted octanol–water partition coefficient (Wildman–Crippen LogP) is 6.00. The maximum absolute atomic E-state index is 13.6. The van der Waals surface area contributed by atoms with Gasteiger partial charge in [0.2, 0.25) is 0 Å². The van der Waals surface area contributed by atoms with Gasteiger partial charge < -0.3 is 4.90 Å². The Morgan fingerprint density at radius 3 is 2.39 bits per heavy atom. The normalized spacial score (nSPS) is 12.8. The van der Waals surface area contributed by atoms with Gasteiger partial charge in [-0.2, -0.15) is 18.3 Å². The van der Waals surface area contributed by atoms with Crippen molar-refractivity contribution in [2.45, 2.75) is 38.4 Å². The van der Waals surface area contributed by atoms with E-state index >= 15 is 0 Å². The second kappa shape index (κ2) is 8.50. The Bertz CT molecular complexity index is 871. The molecule has 0 bridgehead atoms. The van der Waals surface area contributed by atoms with Crippen molar-refractivity contribution in [2.24, 2.45) is 0 Å². The number of aromatic nitrogens is 2. The van der Waals surface area contributed by atoms with E-state index in [-0.39, 0.29) is 5.56 Å². The Labute approximate surface area is 163 Å². The number of rotatable bonds is 7. The first-order valence-electron chi connectivity index (χ1n) is 9.38. The summed E-state index contributed by atoms with van der Waals surface area (Å²) in [5.74, 6) is 0. The molecule has 0 aliphatic heterocycles. The number of aromatic amines is 1. The van der Waals surface area contributed by atoms with Gasteiger partial charge >= 0.3 is 6.18 Å². The number of benzene rings is 2. The summed E-state index contributed by atoms with van der Waals surface area (Å²) in [7, 11) is 1.81. The van der Waals surface area contributed by atoms with E-state index in [0.29, 0.717) is 5.56 Å². The second-order valence-electron chi connectivity index (χ2n) is 6.90. The molecule has 1 aromatic heterocycles. The Kier molecular flexibility index (Phi) is 6.07. The molecule has 0 saturated carbocycles. The number of hydrogen-bond acceptors (Lipinski definition) is 2. The van der Waals surface area contributed by atoms with Gasteiger partial charge in [-0.3, -0.25) is 5.10 Å². The Balaban J connectivity index is 2.01. The van der Waals surface area contributed by atoms with E-state index in [1.165, 1.54) is 17.7 Å². The monoisotopic (exact) mass is 387 g/mol. The minimum absolute atomic E-state index is 0.203. The summed E-state index contributed by atoms with van der Waals surface area (Å²) in [6.45, 7) is 2.15. The number of anilines is 1. The maximum atomic E-state index is 13.6. The Morgan fingerprint density at radius 2 is 1.79 bits per heavy atom. The van der Waals surface area contributed by atoms with E-state index in [2.05, 4.69) is 17.1 Å². The van der Waals surface area contributed by atoms with E-state index < -0.39 is 17.8 Å². The molecule has 0 aliphatic carbocycles. The minimum atomic E-state index is -4.43. The third-order valence-corrected chi connectivity index (χ3v) is 4.95. The molecule has 0 aliphatic rings. The molecule has 3 rings (SSSR count). The molecule has 1 N–H and O–H groups in total. The van der Waals surface area contributed by atoms with Crippen molar-refractivity contribution in [3.8, 4) is 0 Å². The Morgan fingerprint density at radius 1 is 1.07 bits per heavy atom. The summed E-state index contributed by atoms with van der Waals surface area (Å²) in [6, 6.07) is 13.1. The highest BCUT2D eigenvalue weighted by Crippen LogP contribution is 2.39. The van der Waals surface area contributed by atoms with Crippen molar-refractivity contribution in [1.29, 1.82) is 0 Å². The van der Waals surface area contributed by atoms with Crippen LogP contribution in [0, 0.1) is 0 Å². The lowest BCUT2D eigenvalue weighted by Gasteiger charge is -2.31. The summed E-state index contributed by atoms with van der Waals surface area (Å²) in [5, 5.41) is 6.67. The highest BCUT2D eigenvalue weighted by molar-refractivity contribution is 5.53. The van der Waals surface area contributed by atoms with Gasteiger partial charge in [-0.25, -0.2) is 0 Å². The fraction of sp³-hybridized carbons (Fsp3) is 0.318. The van der Waals surface area contributed by atoms with Crippen LogP contribution in [0.4, 0.5) is 18.9 Å². The van der Waals surface area contributed by atoms with Gasteiger partial charge in [0.05, 0.1) is 17.8 Å². The number of aryl methyl sites for hydroxylation is 1. The lowest BCUT2D eigenvalue weighted by molar-refractivity contribution is -0.138. The van der Waals surface area contributed by atoms with Gasteiger partial charge in [0.15, 0.2) is 0 Å². The number of H-pyrrole nitrogens is 1. The van der Waals surface area contributed by atoms with E-state index in [4.69, 9.17) is 0 Å². The lowest BCUT2D eigenvalue weighted by Crippen LogP contribution is -2.27. The van der Waals surface area contributed by atoms with Gasteiger partial charge in [0, 0.05) is 24.5 Å². The van der Waals surface area contributed by atoms with Gasteiger partial charge in [0.1, 0.15) is 0 Å². The number of nitrogens with zero attached hydrogens (tertiary/aromatic N) is 2. The van der Waals surface area contributed by atoms with Crippen molar-refractivity contribution >= 4 is 5.69 Å². The molecule has 3 aromatic rings. The molecule has 6 heteroatoms. The van der Waals surface area contributed by atoms with Crippen LogP contribution in [-0.4, -0.2) is 17.2 Å². The molecular weight excluding hydrogens is 363 g/mol. The molecular formula is C22H24F3N3. The highest BCUT2D eigenvalue weighted by atomic mass is 19.4. The standard InChI is InChI=1S/C22H24F3N3/c1-3-4-7-16-10-12-18(13-11-16)28(2)21(17-14-26-27-15-17)19-8-5-6-9-20(19)22(23,24)25/h5-6,8-15,21H,3-4,7H2,1-2H3,(H,26,27). The highest BCUT2D eigenvalue weighted by Gasteiger charge is 2.36. The van der Waals surface area contributed by atoms with Gasteiger partial charge in [0.25, 0.3) is 0 Å². The third kappa shape index (κ3) is 4.38. The molecule has 0 spiro atoms. The molecule has 1 heterocycles. The van der Waals surface area contributed by atoms with Crippen molar-refractivity contribution in [2.75, 3.05) is 11.9 Å². The fourth-order valence-corrected chi connectivity index (χ4v) is 3.44. The summed E-state index contributed by atoms with van der Waals surface area (Å²) < 4.78 is 40.9. The minimum Gasteiger partial charge on any atom is -0.363 e. The number of hydrogen-bond donors (Lipinski definition) is 1. The third-order valence-electron chi connectivity index (χ3n) is 4.95. The van der Waals surface area contributed by atoms with Gasteiger partial charge in [-0.05, 0) is 42.2 Å². The second-order valence-corrected chi connectivity index (χ2v) is 6.90. The van der Waals surface area contributed by atoms with Crippen molar-refractivity contribution in [3.63, 3.8) is 0 Å². The summed E-state index contributed by atoms with van der Waals surface area (Å²) in [6.07, 6.45) is 2.03. The summed E-state index contributed by atoms with van der Waals surface area (Å²) in [5.41, 5.74) is 2.33. The van der Waals surface area contributed by atoms with Crippen molar-refractivity contribution < 1.29 is 13.2 Å². The Hall–Kier alpha value is -2.76. The van der Waals surface area contributed by atoms with E-state index in [9.17, 15) is 13.2 Å². The van der Waals surface area contributed by atoms with E-state index in [1.54, 1.807) is 18.5 Å². The van der Waals surface area contributed by atoms with Crippen molar-refractivity contribution in [3.05, 3.63) is 83.2 Å². The van der Waals surface area contributed by atoms with Gasteiger partial charge in [-0.15, -0.1) is 0 Å². The van der Waals surface area contributed by atoms with Crippen molar-refractivity contribution in [1.82, 2.24) is 10.2 Å². The fourth-order valence-electron chi connectivity index (χ4n) is 3.44. The number of unbranched alkanes of at least 4 members (excludes halogenated alkanes) is 1. The lowest BCUT2D eigenvalue weighted by atomic mass is 9.94. The van der Waals surface area contributed by atoms with Crippen LogP contribution < -0.4 is 4.90 Å². The summed E-state index contributed by atoms with van der Waals surface area (Å²) in [4.78, 5) is 1.86. The first-order valence-corrected chi connectivity index (χ1v) is 9.38. The molecule has 2 aromatic carbocycles. The van der Waals surface area contributed by atoms with Crippen LogP contribution in [0.3, 0.4) is 0 Å². The van der Waals surface area contributed by atoms with E-state index in [0.717, 1.165) is 31.0 Å². The van der Waals surface area contributed by atoms with Crippen LogP contribution in [0.1, 0.15) is 48.1 Å².